The molecule has 2 heteroatoms. The average molecular weight is 513 g/mol. The highest BCUT2D eigenvalue weighted by Crippen LogP contribution is 2.40. The highest BCUT2D eigenvalue weighted by Gasteiger charge is 2.34. The first-order chi connectivity index (χ1) is 18.7. The molecule has 2 nitrogen and oxygen atoms in total. The molecule has 1 aliphatic carbocycles. The second kappa shape index (κ2) is 11.0. The van der Waals surface area contributed by atoms with Gasteiger partial charge < -0.3 is 9.80 Å². The molecule has 0 N–H and O–H groups in total. The van der Waals surface area contributed by atoms with E-state index in [0.717, 1.165) is 23.5 Å². The Bertz CT molecular complexity index is 1370. The van der Waals surface area contributed by atoms with Crippen molar-refractivity contribution in [1.29, 1.82) is 0 Å². The van der Waals surface area contributed by atoms with E-state index in [4.69, 9.17) is 0 Å². The van der Waals surface area contributed by atoms with Crippen molar-refractivity contribution in [3.8, 4) is 0 Å². The normalized spacial score (nSPS) is 15.3. The predicted octanol–water partition coefficient (Wildman–Crippen LogP) is 10.1. The van der Waals surface area contributed by atoms with Gasteiger partial charge in [-0.25, -0.2) is 0 Å². The van der Waals surface area contributed by atoms with Gasteiger partial charge in [-0.05, 0) is 85.3 Å². The van der Waals surface area contributed by atoms with Gasteiger partial charge in [0.2, 0.25) is 0 Å². The quantitative estimate of drug-likeness (QED) is 0.243. The summed E-state index contributed by atoms with van der Waals surface area (Å²) in [5.74, 6) is 0. The highest BCUT2D eigenvalue weighted by atomic mass is 15.2. The summed E-state index contributed by atoms with van der Waals surface area (Å²) in [7, 11) is 0. The number of rotatable bonds is 7. The van der Waals surface area contributed by atoms with E-state index in [9.17, 15) is 0 Å². The summed E-state index contributed by atoms with van der Waals surface area (Å²) in [6.07, 6.45) is 9.93. The highest BCUT2D eigenvalue weighted by molar-refractivity contribution is 5.77. The smallest absolute Gasteiger partial charge is 0.0603 e. The molecule has 0 spiro atoms. The lowest BCUT2D eigenvalue weighted by Gasteiger charge is -2.46. The summed E-state index contributed by atoms with van der Waals surface area (Å²) < 4.78 is 0. The standard InChI is InChI=1S/C37H40N2/c1-36(2,3)29-21-23-30(24-22-29)37(4,5)39(34-19-13-8-14-20-34)35-27-25-33(26-28-35)38(31-15-9-6-10-16-31)32-17-11-7-12-18-32/h6-19,21-28,34H,20H2,1-5H3. The van der Waals surface area contributed by atoms with Crippen LogP contribution in [0.15, 0.2) is 133 Å². The van der Waals surface area contributed by atoms with Crippen molar-refractivity contribution in [1.82, 2.24) is 0 Å². The Labute approximate surface area is 234 Å². The van der Waals surface area contributed by atoms with E-state index < -0.39 is 0 Å². The second-order valence-corrected chi connectivity index (χ2v) is 11.9. The van der Waals surface area contributed by atoms with Crippen LogP contribution in [0.5, 0.6) is 0 Å². The van der Waals surface area contributed by atoms with E-state index in [1.807, 2.05) is 0 Å². The van der Waals surface area contributed by atoms with Crippen LogP contribution in [0, 0.1) is 0 Å². The number of hydrogen-bond acceptors (Lipinski definition) is 2. The van der Waals surface area contributed by atoms with Gasteiger partial charge in [-0.15, -0.1) is 0 Å². The van der Waals surface area contributed by atoms with Crippen LogP contribution in [0.1, 0.15) is 52.2 Å². The van der Waals surface area contributed by atoms with Crippen molar-refractivity contribution in [2.45, 2.75) is 58.0 Å². The molecule has 5 rings (SSSR count). The maximum Gasteiger partial charge on any atom is 0.0603 e. The molecule has 39 heavy (non-hydrogen) atoms. The fourth-order valence-electron chi connectivity index (χ4n) is 5.57. The molecule has 0 aromatic heterocycles. The number of nitrogens with zero attached hydrogens (tertiary/aromatic N) is 2. The van der Waals surface area contributed by atoms with Gasteiger partial charge in [0.05, 0.1) is 11.6 Å². The monoisotopic (exact) mass is 512 g/mol. The Morgan fingerprint density at radius 3 is 1.51 bits per heavy atom. The Kier molecular flexibility index (Phi) is 7.48. The number of allylic oxidation sites excluding steroid dienone is 2. The van der Waals surface area contributed by atoms with Gasteiger partial charge in [-0.2, -0.15) is 0 Å². The van der Waals surface area contributed by atoms with Crippen LogP contribution >= 0.6 is 0 Å². The topological polar surface area (TPSA) is 6.48 Å². The van der Waals surface area contributed by atoms with Gasteiger partial charge in [0.1, 0.15) is 0 Å². The van der Waals surface area contributed by atoms with Crippen LogP contribution in [-0.2, 0) is 11.0 Å². The molecule has 0 aliphatic heterocycles. The molecule has 0 fully saturated rings. The zero-order valence-electron chi connectivity index (χ0n) is 23.9. The van der Waals surface area contributed by atoms with E-state index in [2.05, 4.69) is 178 Å². The predicted molar refractivity (Wildman–Crippen MR) is 168 cm³/mol. The molecule has 0 amide bonds. The second-order valence-electron chi connectivity index (χ2n) is 11.9. The van der Waals surface area contributed by atoms with Crippen LogP contribution in [0.25, 0.3) is 0 Å². The van der Waals surface area contributed by atoms with Crippen molar-refractivity contribution in [3.63, 3.8) is 0 Å². The van der Waals surface area contributed by atoms with Crippen molar-refractivity contribution < 1.29 is 0 Å². The maximum absolute atomic E-state index is 2.58. The van der Waals surface area contributed by atoms with E-state index in [1.54, 1.807) is 0 Å². The van der Waals surface area contributed by atoms with E-state index >= 15 is 0 Å². The zero-order chi connectivity index (χ0) is 27.5. The lowest BCUT2D eigenvalue weighted by molar-refractivity contribution is 0.448. The van der Waals surface area contributed by atoms with Crippen LogP contribution < -0.4 is 9.80 Å². The molecular formula is C37H40N2. The molecule has 0 saturated heterocycles. The fraction of sp³-hybridized carbons (Fsp3) is 0.243. The third-order valence-corrected chi connectivity index (χ3v) is 7.76. The van der Waals surface area contributed by atoms with Gasteiger partial charge in [0.15, 0.2) is 0 Å². The Morgan fingerprint density at radius 2 is 1.03 bits per heavy atom. The van der Waals surface area contributed by atoms with E-state index in [0.29, 0.717) is 0 Å². The number of para-hydroxylation sites is 2. The number of benzene rings is 4. The third kappa shape index (κ3) is 5.71. The molecule has 0 radical (unpaired) electrons. The van der Waals surface area contributed by atoms with Crippen molar-refractivity contribution in [2.75, 3.05) is 9.80 Å². The van der Waals surface area contributed by atoms with Crippen molar-refractivity contribution in [2.24, 2.45) is 0 Å². The van der Waals surface area contributed by atoms with Gasteiger partial charge in [0.25, 0.3) is 0 Å². The van der Waals surface area contributed by atoms with Crippen molar-refractivity contribution >= 4 is 22.7 Å². The van der Waals surface area contributed by atoms with Gasteiger partial charge in [-0.3, -0.25) is 0 Å². The van der Waals surface area contributed by atoms with Crippen molar-refractivity contribution in [3.05, 3.63) is 145 Å². The minimum absolute atomic E-state index is 0.137. The summed E-state index contributed by atoms with van der Waals surface area (Å²) in [5, 5.41) is 0. The first-order valence-electron chi connectivity index (χ1n) is 14.0. The summed E-state index contributed by atoms with van der Waals surface area (Å²) in [6, 6.07) is 39.7. The zero-order valence-corrected chi connectivity index (χ0v) is 23.9. The summed E-state index contributed by atoms with van der Waals surface area (Å²) in [4.78, 5) is 4.89. The largest absolute Gasteiger partial charge is 0.356 e. The molecule has 1 aliphatic rings. The Morgan fingerprint density at radius 1 is 0.538 bits per heavy atom. The molecular weight excluding hydrogens is 472 g/mol. The molecule has 4 aromatic rings. The lowest BCUT2D eigenvalue weighted by Crippen LogP contribution is -2.48. The minimum atomic E-state index is -0.212. The average Bonchev–Trinajstić information content (AvgIpc) is 2.95. The van der Waals surface area contributed by atoms with E-state index in [1.165, 1.54) is 16.8 Å². The molecule has 198 valence electrons. The van der Waals surface area contributed by atoms with Gasteiger partial charge in [-0.1, -0.05) is 106 Å². The molecule has 0 bridgehead atoms. The molecule has 1 unspecified atom stereocenters. The summed E-state index contributed by atoms with van der Waals surface area (Å²) >= 11 is 0. The van der Waals surface area contributed by atoms with Gasteiger partial charge >= 0.3 is 0 Å². The Balaban J connectivity index is 1.54. The van der Waals surface area contributed by atoms with E-state index in [-0.39, 0.29) is 17.0 Å². The van der Waals surface area contributed by atoms with Crippen LogP contribution in [0.3, 0.4) is 0 Å². The first kappa shape index (κ1) is 26.6. The minimum Gasteiger partial charge on any atom is -0.356 e. The van der Waals surface area contributed by atoms with Gasteiger partial charge in [0, 0.05) is 22.7 Å². The first-order valence-corrected chi connectivity index (χ1v) is 14.0. The molecule has 1 atom stereocenters. The Hall–Kier alpha value is -4.04. The summed E-state index contributed by atoms with van der Waals surface area (Å²) in [6.45, 7) is 11.5. The SMILES string of the molecule is CC(C)(C)c1ccc(C(C)(C)N(c2ccc(N(c3ccccc3)c3ccccc3)cc2)C2C=CC=CC2)cc1. The molecule has 0 saturated carbocycles. The number of anilines is 4. The maximum atomic E-state index is 2.58. The third-order valence-electron chi connectivity index (χ3n) is 7.76. The molecule has 0 heterocycles. The summed E-state index contributed by atoms with van der Waals surface area (Å²) in [5.41, 5.74) is 7.26. The van der Waals surface area contributed by atoms with Crippen LogP contribution in [0.2, 0.25) is 0 Å². The molecule has 4 aromatic carbocycles. The fourth-order valence-corrected chi connectivity index (χ4v) is 5.57. The van der Waals surface area contributed by atoms with Crippen LogP contribution in [0.4, 0.5) is 22.7 Å². The lowest BCUT2D eigenvalue weighted by atomic mass is 9.83. The van der Waals surface area contributed by atoms with Crippen LogP contribution in [-0.4, -0.2) is 6.04 Å². The number of hydrogen-bond donors (Lipinski definition) is 0.